The number of nitrogens with zero attached hydrogens (tertiary/aromatic N) is 2. The summed E-state index contributed by atoms with van der Waals surface area (Å²) in [5.74, 6) is -1.61. The third-order valence-electron chi connectivity index (χ3n) is 3.04. The van der Waals surface area contributed by atoms with E-state index in [2.05, 4.69) is 21.0 Å². The van der Waals surface area contributed by atoms with Gasteiger partial charge in [0, 0.05) is 23.5 Å². The second-order valence-electron chi connectivity index (χ2n) is 4.48. The van der Waals surface area contributed by atoms with Crippen molar-refractivity contribution >= 4 is 27.5 Å². The van der Waals surface area contributed by atoms with Gasteiger partial charge in [-0.25, -0.2) is 8.78 Å². The van der Waals surface area contributed by atoms with Crippen molar-refractivity contribution in [1.82, 2.24) is 9.78 Å². The summed E-state index contributed by atoms with van der Waals surface area (Å²) in [7, 11) is 1.66. The average Bonchev–Trinajstić information content (AvgIpc) is 2.54. The quantitative estimate of drug-likeness (QED) is 0.901. The van der Waals surface area contributed by atoms with Gasteiger partial charge >= 0.3 is 0 Å². The standard InChI is InChI=1S/C13H12BrClF2N2O/c1-6-8(13(15)19(2)18-6)5-11(20)12-9(16)3-7(14)4-10(12)17/h3-4,11,20H,5H2,1-2H3. The molecule has 2 rings (SSSR count). The van der Waals surface area contributed by atoms with Crippen LogP contribution in [0.1, 0.15) is 22.9 Å². The molecule has 1 aromatic heterocycles. The number of hydrogen-bond donors (Lipinski definition) is 1. The number of aliphatic hydroxyl groups excluding tert-OH is 1. The maximum Gasteiger partial charge on any atom is 0.133 e. The Bertz CT molecular complexity index is 637. The molecular weight excluding hydrogens is 354 g/mol. The van der Waals surface area contributed by atoms with Gasteiger partial charge in [-0.1, -0.05) is 27.5 Å². The molecule has 1 N–H and O–H groups in total. The molecule has 20 heavy (non-hydrogen) atoms. The molecule has 108 valence electrons. The molecule has 1 heterocycles. The molecule has 3 nitrogen and oxygen atoms in total. The Balaban J connectivity index is 2.36. The normalized spacial score (nSPS) is 12.8. The fourth-order valence-corrected chi connectivity index (χ4v) is 2.73. The van der Waals surface area contributed by atoms with Crippen LogP contribution in [-0.4, -0.2) is 14.9 Å². The smallest absolute Gasteiger partial charge is 0.133 e. The summed E-state index contributed by atoms with van der Waals surface area (Å²) in [6, 6.07) is 2.22. The maximum atomic E-state index is 13.8. The van der Waals surface area contributed by atoms with Crippen molar-refractivity contribution in [3.8, 4) is 0 Å². The lowest BCUT2D eigenvalue weighted by Crippen LogP contribution is -2.08. The Kier molecular flexibility index (Phi) is 4.46. The van der Waals surface area contributed by atoms with Gasteiger partial charge in [-0.3, -0.25) is 4.68 Å². The molecule has 0 radical (unpaired) electrons. The number of aryl methyl sites for hydroxylation is 2. The van der Waals surface area contributed by atoms with Gasteiger partial charge in [-0.2, -0.15) is 5.10 Å². The molecular formula is C13H12BrClF2N2O. The molecule has 0 aliphatic carbocycles. The molecule has 0 aliphatic rings. The molecule has 0 spiro atoms. The summed E-state index contributed by atoms with van der Waals surface area (Å²) >= 11 is 9.04. The molecule has 0 bridgehead atoms. The summed E-state index contributed by atoms with van der Waals surface area (Å²) in [5, 5.41) is 14.5. The van der Waals surface area contributed by atoms with Crippen molar-refractivity contribution in [3.63, 3.8) is 0 Å². The van der Waals surface area contributed by atoms with E-state index >= 15 is 0 Å². The van der Waals surface area contributed by atoms with Gasteiger partial charge in [-0.05, 0) is 19.1 Å². The highest BCUT2D eigenvalue weighted by atomic mass is 79.9. The monoisotopic (exact) mass is 364 g/mol. The number of halogens is 4. The third kappa shape index (κ3) is 2.87. The van der Waals surface area contributed by atoms with Crippen molar-refractivity contribution < 1.29 is 13.9 Å². The lowest BCUT2D eigenvalue weighted by atomic mass is 10.0. The molecule has 0 aliphatic heterocycles. The first kappa shape index (κ1) is 15.4. The fraction of sp³-hybridized carbons (Fsp3) is 0.308. The largest absolute Gasteiger partial charge is 0.388 e. The van der Waals surface area contributed by atoms with Crippen LogP contribution in [0.15, 0.2) is 16.6 Å². The van der Waals surface area contributed by atoms with Crippen LogP contribution in [0.5, 0.6) is 0 Å². The van der Waals surface area contributed by atoms with Gasteiger partial charge in [0.2, 0.25) is 0 Å². The highest BCUT2D eigenvalue weighted by Crippen LogP contribution is 2.30. The van der Waals surface area contributed by atoms with Crippen LogP contribution in [0.2, 0.25) is 5.15 Å². The summed E-state index contributed by atoms with van der Waals surface area (Å²) in [6.07, 6.45) is -1.34. The van der Waals surface area contributed by atoms with Gasteiger partial charge in [-0.15, -0.1) is 0 Å². The van der Waals surface area contributed by atoms with Gasteiger partial charge < -0.3 is 5.11 Å². The van der Waals surface area contributed by atoms with E-state index in [1.165, 1.54) is 4.68 Å². The average molecular weight is 366 g/mol. The summed E-state index contributed by atoms with van der Waals surface area (Å²) < 4.78 is 29.3. The number of aromatic nitrogens is 2. The van der Waals surface area contributed by atoms with E-state index in [0.29, 0.717) is 16.4 Å². The van der Waals surface area contributed by atoms with Crippen LogP contribution < -0.4 is 0 Å². The summed E-state index contributed by atoms with van der Waals surface area (Å²) in [4.78, 5) is 0. The highest BCUT2D eigenvalue weighted by molar-refractivity contribution is 9.10. The first-order chi connectivity index (χ1) is 9.31. The van der Waals surface area contributed by atoms with E-state index in [1.807, 2.05) is 0 Å². The molecule has 0 saturated carbocycles. The van der Waals surface area contributed by atoms with Crippen molar-refractivity contribution in [1.29, 1.82) is 0 Å². The zero-order valence-corrected chi connectivity index (χ0v) is 13.1. The molecule has 0 amide bonds. The lowest BCUT2D eigenvalue weighted by Gasteiger charge is -2.13. The molecule has 0 fully saturated rings. The summed E-state index contributed by atoms with van der Waals surface area (Å²) in [5.41, 5.74) is 0.824. The Morgan fingerprint density at radius 3 is 2.40 bits per heavy atom. The van der Waals surface area contributed by atoms with Crippen molar-refractivity contribution in [3.05, 3.63) is 50.2 Å². The van der Waals surface area contributed by atoms with Gasteiger partial charge in [0.05, 0.1) is 17.4 Å². The minimum atomic E-state index is -1.33. The minimum absolute atomic E-state index is 0.00597. The zero-order chi connectivity index (χ0) is 15.0. The van der Waals surface area contributed by atoms with Crippen LogP contribution >= 0.6 is 27.5 Å². The SMILES string of the molecule is Cc1nn(C)c(Cl)c1CC(O)c1c(F)cc(Br)cc1F. The Labute approximate surface area is 128 Å². The Morgan fingerprint density at radius 1 is 1.40 bits per heavy atom. The first-order valence-electron chi connectivity index (χ1n) is 5.81. The number of rotatable bonds is 3. The van der Waals surface area contributed by atoms with Crippen LogP contribution in [0, 0.1) is 18.6 Å². The topological polar surface area (TPSA) is 38.0 Å². The fourth-order valence-electron chi connectivity index (χ4n) is 2.07. The van der Waals surface area contributed by atoms with Crippen LogP contribution in [0.3, 0.4) is 0 Å². The number of aliphatic hydroxyl groups is 1. The second-order valence-corrected chi connectivity index (χ2v) is 5.76. The van der Waals surface area contributed by atoms with Crippen molar-refractivity contribution in [2.45, 2.75) is 19.4 Å². The van der Waals surface area contributed by atoms with E-state index in [4.69, 9.17) is 11.6 Å². The van der Waals surface area contributed by atoms with Crippen molar-refractivity contribution in [2.75, 3.05) is 0 Å². The second kappa shape index (κ2) is 5.79. The predicted molar refractivity (Wildman–Crippen MR) is 75.7 cm³/mol. The summed E-state index contributed by atoms with van der Waals surface area (Å²) in [6.45, 7) is 1.72. The maximum absolute atomic E-state index is 13.8. The Morgan fingerprint density at radius 2 is 1.95 bits per heavy atom. The van der Waals surface area contributed by atoms with Gasteiger partial charge in [0.1, 0.15) is 16.8 Å². The van der Waals surface area contributed by atoms with Crippen LogP contribution in [0.4, 0.5) is 8.78 Å². The molecule has 7 heteroatoms. The Hall–Kier alpha value is -0.980. The van der Waals surface area contributed by atoms with E-state index in [-0.39, 0.29) is 16.5 Å². The molecule has 1 atom stereocenters. The van der Waals surface area contributed by atoms with Gasteiger partial charge in [0.15, 0.2) is 0 Å². The van der Waals surface area contributed by atoms with E-state index < -0.39 is 17.7 Å². The number of hydrogen-bond acceptors (Lipinski definition) is 2. The lowest BCUT2D eigenvalue weighted by molar-refractivity contribution is 0.168. The van der Waals surface area contributed by atoms with E-state index in [1.54, 1.807) is 14.0 Å². The van der Waals surface area contributed by atoms with E-state index in [0.717, 1.165) is 12.1 Å². The third-order valence-corrected chi connectivity index (χ3v) is 3.97. The number of benzene rings is 1. The molecule has 1 aromatic carbocycles. The van der Waals surface area contributed by atoms with Crippen LogP contribution in [0.25, 0.3) is 0 Å². The molecule has 1 unspecified atom stereocenters. The van der Waals surface area contributed by atoms with Crippen molar-refractivity contribution in [2.24, 2.45) is 7.05 Å². The minimum Gasteiger partial charge on any atom is -0.388 e. The molecule has 0 saturated heterocycles. The van der Waals surface area contributed by atoms with Gasteiger partial charge in [0.25, 0.3) is 0 Å². The highest BCUT2D eigenvalue weighted by Gasteiger charge is 2.22. The first-order valence-corrected chi connectivity index (χ1v) is 6.98. The predicted octanol–water partition coefficient (Wildman–Crippen LogP) is 3.70. The van der Waals surface area contributed by atoms with E-state index in [9.17, 15) is 13.9 Å². The molecule has 2 aromatic rings. The van der Waals surface area contributed by atoms with Crippen LogP contribution in [-0.2, 0) is 13.5 Å². The zero-order valence-electron chi connectivity index (χ0n) is 10.8.